The van der Waals surface area contributed by atoms with Crippen LogP contribution < -0.4 is 11.1 Å². The van der Waals surface area contributed by atoms with Gasteiger partial charge in [0.1, 0.15) is 5.82 Å². The largest absolute Gasteiger partial charge is 0.384 e. The number of nitrogens with one attached hydrogen (secondary N) is 1. The molecule has 0 aliphatic carbocycles. The first-order valence-electron chi connectivity index (χ1n) is 9.01. The van der Waals surface area contributed by atoms with Crippen LogP contribution >= 0.6 is 11.6 Å². The van der Waals surface area contributed by atoms with E-state index in [1.165, 1.54) is 0 Å². The van der Waals surface area contributed by atoms with Crippen LogP contribution in [0.4, 0.5) is 5.82 Å². The second kappa shape index (κ2) is 7.48. The molecule has 1 aromatic heterocycles. The van der Waals surface area contributed by atoms with Gasteiger partial charge in [-0.15, -0.1) is 0 Å². The van der Waals surface area contributed by atoms with Crippen molar-refractivity contribution in [2.45, 2.75) is 25.3 Å². The SMILES string of the molecule is Nc1ccnn1Cc1ccc(-c2cccc(C3CCC(=O)NC3=O)c2Cl)cc1. The number of carbonyl (C=O) groups excluding carboxylic acids is 2. The maximum absolute atomic E-state index is 12.2. The summed E-state index contributed by atoms with van der Waals surface area (Å²) in [6, 6.07) is 15.4. The van der Waals surface area contributed by atoms with Gasteiger partial charge in [-0.25, -0.2) is 4.68 Å². The van der Waals surface area contributed by atoms with Gasteiger partial charge in [0.25, 0.3) is 0 Å². The van der Waals surface area contributed by atoms with E-state index in [4.69, 9.17) is 17.3 Å². The number of rotatable bonds is 4. The van der Waals surface area contributed by atoms with Crippen LogP contribution in [0.15, 0.2) is 54.7 Å². The topological polar surface area (TPSA) is 90.0 Å². The number of hydrogen-bond donors (Lipinski definition) is 2. The van der Waals surface area contributed by atoms with Gasteiger partial charge in [-0.05, 0) is 29.2 Å². The van der Waals surface area contributed by atoms with Crippen LogP contribution in [0.5, 0.6) is 0 Å². The quantitative estimate of drug-likeness (QED) is 0.664. The minimum Gasteiger partial charge on any atom is -0.384 e. The van der Waals surface area contributed by atoms with E-state index in [9.17, 15) is 9.59 Å². The third-order valence-corrected chi connectivity index (χ3v) is 5.41. The summed E-state index contributed by atoms with van der Waals surface area (Å²) in [4.78, 5) is 23.6. The highest BCUT2D eigenvalue weighted by Gasteiger charge is 2.30. The summed E-state index contributed by atoms with van der Waals surface area (Å²) in [5.74, 6) is -0.319. The van der Waals surface area contributed by atoms with Gasteiger partial charge < -0.3 is 5.73 Å². The third-order valence-electron chi connectivity index (χ3n) is 4.99. The van der Waals surface area contributed by atoms with E-state index in [0.717, 1.165) is 22.3 Å². The molecular weight excluding hydrogens is 376 g/mol. The van der Waals surface area contributed by atoms with Crippen molar-refractivity contribution in [2.24, 2.45) is 0 Å². The number of nitrogens with zero attached hydrogens (tertiary/aromatic N) is 2. The van der Waals surface area contributed by atoms with Crippen molar-refractivity contribution < 1.29 is 9.59 Å². The second-order valence-electron chi connectivity index (χ2n) is 6.82. The van der Waals surface area contributed by atoms with Crippen LogP contribution in [0, 0.1) is 0 Å². The standard InChI is InChI=1S/C21H19ClN4O2/c22-20-15(2-1-3-16(20)17-8-9-19(27)25-21(17)28)14-6-4-13(5-7-14)12-26-18(23)10-11-24-26/h1-7,10-11,17H,8-9,12,23H2,(H,25,27,28). The molecule has 1 aliphatic heterocycles. The Kier molecular flexibility index (Phi) is 4.88. The molecule has 0 saturated carbocycles. The number of halogens is 1. The summed E-state index contributed by atoms with van der Waals surface area (Å²) in [5, 5.41) is 7.13. The Balaban J connectivity index is 1.60. The summed E-state index contributed by atoms with van der Waals surface area (Å²) >= 11 is 6.66. The number of benzene rings is 2. The lowest BCUT2D eigenvalue weighted by atomic mass is 9.88. The van der Waals surface area contributed by atoms with E-state index in [1.807, 2.05) is 42.5 Å². The Morgan fingerprint density at radius 2 is 1.93 bits per heavy atom. The number of nitrogen functional groups attached to an aromatic ring is 1. The lowest BCUT2D eigenvalue weighted by Crippen LogP contribution is -2.39. The lowest BCUT2D eigenvalue weighted by Gasteiger charge is -2.23. The van der Waals surface area contributed by atoms with Gasteiger partial charge in [-0.1, -0.05) is 54.1 Å². The average molecular weight is 395 g/mol. The molecule has 6 nitrogen and oxygen atoms in total. The minimum atomic E-state index is -0.410. The van der Waals surface area contributed by atoms with Crippen molar-refractivity contribution in [3.8, 4) is 11.1 Å². The average Bonchev–Trinajstić information content (AvgIpc) is 3.08. The zero-order valence-electron chi connectivity index (χ0n) is 15.1. The monoisotopic (exact) mass is 394 g/mol. The fraction of sp³-hybridized carbons (Fsp3) is 0.190. The molecule has 2 amide bonds. The van der Waals surface area contributed by atoms with Gasteiger partial charge in [0.2, 0.25) is 11.8 Å². The fourth-order valence-corrected chi connectivity index (χ4v) is 3.84. The number of nitrogens with two attached hydrogens (primary N) is 1. The lowest BCUT2D eigenvalue weighted by molar-refractivity contribution is -0.134. The maximum atomic E-state index is 12.2. The molecule has 3 aromatic rings. The Bertz CT molecular complexity index is 1040. The van der Waals surface area contributed by atoms with Crippen LogP contribution in [-0.2, 0) is 16.1 Å². The number of anilines is 1. The first-order valence-corrected chi connectivity index (χ1v) is 9.39. The highest BCUT2D eigenvalue weighted by Crippen LogP contribution is 2.37. The molecule has 3 N–H and O–H groups in total. The summed E-state index contributed by atoms with van der Waals surface area (Å²) < 4.78 is 1.73. The van der Waals surface area contributed by atoms with Crippen molar-refractivity contribution in [3.05, 3.63) is 70.9 Å². The zero-order valence-corrected chi connectivity index (χ0v) is 15.8. The van der Waals surface area contributed by atoms with Crippen LogP contribution in [-0.4, -0.2) is 21.6 Å². The number of amides is 2. The van der Waals surface area contributed by atoms with Crippen LogP contribution in [0.2, 0.25) is 5.02 Å². The smallest absolute Gasteiger partial charge is 0.234 e. The molecule has 2 heterocycles. The molecule has 1 fully saturated rings. The van der Waals surface area contributed by atoms with Crippen molar-refractivity contribution >= 4 is 29.2 Å². The molecule has 142 valence electrons. The van der Waals surface area contributed by atoms with E-state index in [0.29, 0.717) is 30.2 Å². The van der Waals surface area contributed by atoms with Gasteiger partial charge >= 0.3 is 0 Å². The Hall–Kier alpha value is -3.12. The van der Waals surface area contributed by atoms with E-state index in [-0.39, 0.29) is 11.8 Å². The minimum absolute atomic E-state index is 0.234. The predicted octanol–water partition coefficient (Wildman–Crippen LogP) is 3.35. The number of hydrogen-bond acceptors (Lipinski definition) is 4. The number of carbonyl (C=O) groups is 2. The Morgan fingerprint density at radius 1 is 1.14 bits per heavy atom. The molecule has 1 saturated heterocycles. The number of piperidine rings is 1. The number of aromatic nitrogens is 2. The maximum Gasteiger partial charge on any atom is 0.234 e. The highest BCUT2D eigenvalue weighted by atomic mass is 35.5. The molecule has 7 heteroatoms. The van der Waals surface area contributed by atoms with Gasteiger partial charge in [0.05, 0.1) is 23.7 Å². The van der Waals surface area contributed by atoms with E-state index >= 15 is 0 Å². The molecule has 1 unspecified atom stereocenters. The number of imide groups is 1. The van der Waals surface area contributed by atoms with Crippen LogP contribution in [0.1, 0.15) is 29.9 Å². The third kappa shape index (κ3) is 3.51. The highest BCUT2D eigenvalue weighted by molar-refractivity contribution is 6.34. The summed E-state index contributed by atoms with van der Waals surface area (Å²) in [7, 11) is 0. The normalized spacial score (nSPS) is 16.8. The van der Waals surface area contributed by atoms with Crippen LogP contribution in [0.3, 0.4) is 0 Å². The first-order chi connectivity index (χ1) is 13.5. The zero-order chi connectivity index (χ0) is 19.7. The summed E-state index contributed by atoms with van der Waals surface area (Å²) in [5.41, 5.74) is 9.49. The molecule has 0 spiro atoms. The molecule has 2 aromatic carbocycles. The van der Waals surface area contributed by atoms with Gasteiger partial charge in [0.15, 0.2) is 0 Å². The summed E-state index contributed by atoms with van der Waals surface area (Å²) in [6.45, 7) is 0.586. The van der Waals surface area contributed by atoms with E-state index in [1.54, 1.807) is 16.9 Å². The van der Waals surface area contributed by atoms with E-state index < -0.39 is 5.92 Å². The molecular formula is C21H19ClN4O2. The molecule has 4 rings (SSSR count). The Morgan fingerprint density at radius 3 is 2.61 bits per heavy atom. The van der Waals surface area contributed by atoms with Crippen LogP contribution in [0.25, 0.3) is 11.1 Å². The Labute approximate surface area is 167 Å². The van der Waals surface area contributed by atoms with Gasteiger partial charge in [0, 0.05) is 12.0 Å². The van der Waals surface area contributed by atoms with Crippen molar-refractivity contribution in [2.75, 3.05) is 5.73 Å². The molecule has 28 heavy (non-hydrogen) atoms. The van der Waals surface area contributed by atoms with E-state index in [2.05, 4.69) is 10.4 Å². The van der Waals surface area contributed by atoms with Crippen molar-refractivity contribution in [1.82, 2.24) is 15.1 Å². The molecule has 1 aliphatic rings. The van der Waals surface area contributed by atoms with Gasteiger partial charge in [-0.2, -0.15) is 5.10 Å². The molecule has 1 atom stereocenters. The molecule has 0 radical (unpaired) electrons. The summed E-state index contributed by atoms with van der Waals surface area (Å²) in [6.07, 6.45) is 2.46. The van der Waals surface area contributed by atoms with Crippen molar-refractivity contribution in [3.63, 3.8) is 0 Å². The first kappa shape index (κ1) is 18.3. The van der Waals surface area contributed by atoms with Crippen molar-refractivity contribution in [1.29, 1.82) is 0 Å². The second-order valence-corrected chi connectivity index (χ2v) is 7.20. The predicted molar refractivity (Wildman–Crippen MR) is 108 cm³/mol. The van der Waals surface area contributed by atoms with Gasteiger partial charge in [-0.3, -0.25) is 14.9 Å². The fourth-order valence-electron chi connectivity index (χ4n) is 3.47. The molecule has 0 bridgehead atoms.